The summed E-state index contributed by atoms with van der Waals surface area (Å²) in [6, 6.07) is 4.70. The summed E-state index contributed by atoms with van der Waals surface area (Å²) in [5.41, 5.74) is 3.15. The van der Waals surface area contributed by atoms with Gasteiger partial charge in [0, 0.05) is 24.4 Å². The summed E-state index contributed by atoms with van der Waals surface area (Å²) in [5, 5.41) is 11.2. The molecule has 0 N–H and O–H groups in total. The van der Waals surface area contributed by atoms with Crippen molar-refractivity contribution in [2.75, 3.05) is 7.11 Å². The van der Waals surface area contributed by atoms with E-state index in [0.29, 0.717) is 11.3 Å². The monoisotopic (exact) mass is 312 g/mol. The Bertz CT molecular complexity index is 902. The number of aryl methyl sites for hydroxylation is 2. The Morgan fingerprint density at radius 1 is 1.30 bits per heavy atom. The van der Waals surface area contributed by atoms with Gasteiger partial charge in [-0.2, -0.15) is 0 Å². The minimum atomic E-state index is -0.429. The fourth-order valence-electron chi connectivity index (χ4n) is 2.76. The molecule has 2 heterocycles. The average Bonchev–Trinajstić information content (AvgIpc) is 2.89. The number of rotatable bonds is 4. The third kappa shape index (κ3) is 2.50. The molecule has 0 saturated carbocycles. The number of nitro groups is 1. The number of hydrogen-bond donors (Lipinski definition) is 0. The highest BCUT2D eigenvalue weighted by Gasteiger charge is 2.16. The lowest BCUT2D eigenvalue weighted by molar-refractivity contribution is -0.384. The van der Waals surface area contributed by atoms with E-state index in [9.17, 15) is 10.1 Å². The van der Waals surface area contributed by atoms with Crippen molar-refractivity contribution in [1.82, 2.24) is 14.5 Å². The summed E-state index contributed by atoms with van der Waals surface area (Å²) in [6.45, 7) is 4.72. The number of ether oxygens (including phenoxy) is 1. The van der Waals surface area contributed by atoms with Gasteiger partial charge in [0.1, 0.15) is 17.1 Å². The Morgan fingerprint density at radius 2 is 2.09 bits per heavy atom. The van der Waals surface area contributed by atoms with E-state index >= 15 is 0 Å². The van der Waals surface area contributed by atoms with Crippen LogP contribution in [0.4, 0.5) is 5.69 Å². The molecular formula is C16H16N4O3. The summed E-state index contributed by atoms with van der Waals surface area (Å²) in [6.07, 6.45) is 3.40. The molecule has 0 radical (unpaired) electrons. The van der Waals surface area contributed by atoms with Gasteiger partial charge in [0.15, 0.2) is 0 Å². The molecule has 3 rings (SSSR count). The minimum absolute atomic E-state index is 0.0179. The zero-order chi connectivity index (χ0) is 16.6. The third-order valence-corrected chi connectivity index (χ3v) is 3.81. The van der Waals surface area contributed by atoms with Crippen LogP contribution in [0.1, 0.15) is 12.7 Å². The van der Waals surface area contributed by atoms with Crippen molar-refractivity contribution in [1.29, 1.82) is 0 Å². The molecule has 1 aromatic carbocycles. The molecule has 0 saturated heterocycles. The van der Waals surface area contributed by atoms with Gasteiger partial charge in [-0.3, -0.25) is 15.1 Å². The van der Waals surface area contributed by atoms with Crippen molar-refractivity contribution in [3.05, 3.63) is 46.5 Å². The summed E-state index contributed by atoms with van der Waals surface area (Å²) >= 11 is 0. The average molecular weight is 312 g/mol. The number of hydrogen-bond acceptors (Lipinski definition) is 5. The van der Waals surface area contributed by atoms with Crippen LogP contribution in [0.15, 0.2) is 30.6 Å². The highest BCUT2D eigenvalue weighted by atomic mass is 16.6. The first-order chi connectivity index (χ1) is 11.0. The lowest BCUT2D eigenvalue weighted by atomic mass is 10.0. The fraction of sp³-hybridized carbons (Fsp3) is 0.250. The lowest BCUT2D eigenvalue weighted by Gasteiger charge is -2.09. The van der Waals surface area contributed by atoms with Gasteiger partial charge in [0.2, 0.25) is 0 Å². The van der Waals surface area contributed by atoms with Crippen LogP contribution in [0.25, 0.3) is 22.2 Å². The zero-order valence-electron chi connectivity index (χ0n) is 13.1. The highest BCUT2D eigenvalue weighted by molar-refractivity contribution is 5.92. The first-order valence-electron chi connectivity index (χ1n) is 7.19. The fourth-order valence-corrected chi connectivity index (χ4v) is 2.76. The van der Waals surface area contributed by atoms with E-state index in [4.69, 9.17) is 4.74 Å². The van der Waals surface area contributed by atoms with E-state index in [1.165, 1.54) is 19.2 Å². The van der Waals surface area contributed by atoms with Crippen molar-refractivity contribution < 1.29 is 9.66 Å². The van der Waals surface area contributed by atoms with E-state index in [1.54, 1.807) is 18.5 Å². The molecule has 0 fully saturated rings. The SMILES string of the molecule is CCn1c(C)nc2cncc(-c3cc(OC)cc([N+](=O)[O-])c3)c21. The number of pyridine rings is 1. The normalized spacial score (nSPS) is 10.9. The van der Waals surface area contributed by atoms with Crippen LogP contribution in [0.3, 0.4) is 0 Å². The molecule has 118 valence electrons. The molecule has 0 bridgehead atoms. The van der Waals surface area contributed by atoms with Crippen LogP contribution in [-0.4, -0.2) is 26.6 Å². The minimum Gasteiger partial charge on any atom is -0.496 e. The number of methoxy groups -OCH3 is 1. The first kappa shape index (κ1) is 15.0. The number of non-ortho nitro benzene ring substituents is 1. The zero-order valence-corrected chi connectivity index (χ0v) is 13.1. The second-order valence-electron chi connectivity index (χ2n) is 5.13. The molecule has 0 amide bonds. The molecule has 2 aromatic heterocycles. The molecule has 0 unspecified atom stereocenters. The third-order valence-electron chi connectivity index (χ3n) is 3.81. The molecule has 7 nitrogen and oxygen atoms in total. The van der Waals surface area contributed by atoms with Gasteiger partial charge in [0.25, 0.3) is 5.69 Å². The molecule has 0 aliphatic heterocycles. The number of imidazole rings is 1. The van der Waals surface area contributed by atoms with Gasteiger partial charge in [0.05, 0.1) is 29.8 Å². The van der Waals surface area contributed by atoms with E-state index in [0.717, 1.165) is 29.0 Å². The Hall–Kier alpha value is -2.96. The van der Waals surface area contributed by atoms with Gasteiger partial charge < -0.3 is 9.30 Å². The predicted octanol–water partition coefficient (Wildman–Crippen LogP) is 3.34. The Kier molecular flexibility index (Phi) is 3.69. The Labute approximate surface area is 132 Å². The molecule has 23 heavy (non-hydrogen) atoms. The summed E-state index contributed by atoms with van der Waals surface area (Å²) in [5.74, 6) is 1.32. The number of nitro benzene ring substituents is 1. The maximum absolute atomic E-state index is 11.2. The maximum atomic E-state index is 11.2. The topological polar surface area (TPSA) is 83.1 Å². The largest absolute Gasteiger partial charge is 0.496 e. The second kappa shape index (κ2) is 5.68. The molecule has 7 heteroatoms. The van der Waals surface area contributed by atoms with Gasteiger partial charge in [-0.05, 0) is 25.5 Å². The second-order valence-corrected chi connectivity index (χ2v) is 5.13. The summed E-state index contributed by atoms with van der Waals surface area (Å²) in [7, 11) is 1.49. The molecule has 0 spiro atoms. The van der Waals surface area contributed by atoms with E-state index in [2.05, 4.69) is 14.5 Å². The molecular weight excluding hydrogens is 296 g/mol. The maximum Gasteiger partial charge on any atom is 0.273 e. The molecule has 3 aromatic rings. The highest BCUT2D eigenvalue weighted by Crippen LogP contribution is 2.33. The van der Waals surface area contributed by atoms with E-state index in [1.807, 2.05) is 13.8 Å². The first-order valence-corrected chi connectivity index (χ1v) is 7.19. The van der Waals surface area contributed by atoms with Crippen LogP contribution in [0.2, 0.25) is 0 Å². The van der Waals surface area contributed by atoms with Crippen molar-refractivity contribution in [3.8, 4) is 16.9 Å². The molecule has 0 atom stereocenters. The van der Waals surface area contributed by atoms with Crippen molar-refractivity contribution in [2.24, 2.45) is 0 Å². The number of fused-ring (bicyclic) bond motifs is 1. The van der Waals surface area contributed by atoms with Crippen molar-refractivity contribution in [2.45, 2.75) is 20.4 Å². The predicted molar refractivity (Wildman–Crippen MR) is 86.6 cm³/mol. The van der Waals surface area contributed by atoms with Crippen LogP contribution < -0.4 is 4.74 Å². The van der Waals surface area contributed by atoms with Gasteiger partial charge >= 0.3 is 0 Å². The summed E-state index contributed by atoms with van der Waals surface area (Å²) in [4.78, 5) is 19.5. The van der Waals surface area contributed by atoms with Crippen LogP contribution >= 0.6 is 0 Å². The molecule has 0 aliphatic rings. The smallest absolute Gasteiger partial charge is 0.273 e. The lowest BCUT2D eigenvalue weighted by Crippen LogP contribution is -1.98. The number of benzene rings is 1. The quantitative estimate of drug-likeness (QED) is 0.545. The summed E-state index contributed by atoms with van der Waals surface area (Å²) < 4.78 is 7.26. The van der Waals surface area contributed by atoms with Crippen LogP contribution in [0.5, 0.6) is 5.75 Å². The van der Waals surface area contributed by atoms with Gasteiger partial charge in [-0.15, -0.1) is 0 Å². The number of aromatic nitrogens is 3. The Balaban J connectivity index is 2.32. The van der Waals surface area contributed by atoms with Crippen LogP contribution in [-0.2, 0) is 6.54 Å². The van der Waals surface area contributed by atoms with Gasteiger partial charge in [-0.25, -0.2) is 4.98 Å². The van der Waals surface area contributed by atoms with Crippen LogP contribution in [0, 0.1) is 17.0 Å². The standard InChI is InChI=1S/C16H16N4O3/c1-4-19-10(2)18-15-9-17-8-14(16(15)19)11-5-12(20(21)22)7-13(6-11)23-3/h5-9H,4H2,1-3H3. The van der Waals surface area contributed by atoms with Crippen molar-refractivity contribution >= 4 is 16.7 Å². The van der Waals surface area contributed by atoms with Gasteiger partial charge in [-0.1, -0.05) is 0 Å². The van der Waals surface area contributed by atoms with E-state index < -0.39 is 4.92 Å². The van der Waals surface area contributed by atoms with Crippen molar-refractivity contribution in [3.63, 3.8) is 0 Å². The number of nitrogens with zero attached hydrogens (tertiary/aromatic N) is 4. The molecule has 0 aliphatic carbocycles. The Morgan fingerprint density at radius 3 is 2.74 bits per heavy atom. The van der Waals surface area contributed by atoms with E-state index in [-0.39, 0.29) is 5.69 Å².